The summed E-state index contributed by atoms with van der Waals surface area (Å²) < 4.78 is 0. The molecule has 0 fully saturated rings. The zero-order valence-electron chi connectivity index (χ0n) is 21.7. The Balaban J connectivity index is 1.46. The van der Waals surface area contributed by atoms with Gasteiger partial charge in [0.2, 0.25) is 0 Å². The molecule has 0 bridgehead atoms. The van der Waals surface area contributed by atoms with E-state index in [1.165, 1.54) is 11.1 Å². The lowest BCUT2D eigenvalue weighted by Crippen LogP contribution is -2.25. The van der Waals surface area contributed by atoms with Crippen molar-refractivity contribution < 1.29 is 9.90 Å². The van der Waals surface area contributed by atoms with E-state index in [9.17, 15) is 9.90 Å². The number of aliphatic hydroxyl groups excluding tert-OH is 1. The molecule has 2 heterocycles. The monoisotopic (exact) mass is 492 g/mol. The van der Waals surface area contributed by atoms with Crippen LogP contribution in [-0.4, -0.2) is 27.6 Å². The van der Waals surface area contributed by atoms with Crippen LogP contribution in [0.5, 0.6) is 0 Å². The third-order valence-electron chi connectivity index (χ3n) is 7.65. The Bertz CT molecular complexity index is 1490. The quantitative estimate of drug-likeness (QED) is 0.357. The van der Waals surface area contributed by atoms with E-state index in [0.717, 1.165) is 44.6 Å². The SMILES string of the molecule is Cc1ccncc1-c1ccc2c(c1)[C@@H](C)c1cc(C(=O)NCc3c(C)cc(N)nc3C)ccc1[C@H]2CO. The topological polar surface area (TPSA) is 101 Å². The van der Waals surface area contributed by atoms with Crippen molar-refractivity contribution >= 4 is 11.7 Å². The molecule has 188 valence electrons. The van der Waals surface area contributed by atoms with Crippen molar-refractivity contribution in [2.45, 2.75) is 46.1 Å². The van der Waals surface area contributed by atoms with Crippen LogP contribution >= 0.6 is 0 Å². The van der Waals surface area contributed by atoms with E-state index < -0.39 is 0 Å². The number of pyridine rings is 2. The first-order chi connectivity index (χ1) is 17.8. The number of fused-ring (bicyclic) bond motifs is 2. The Labute approximate surface area is 217 Å². The molecule has 0 saturated heterocycles. The Morgan fingerprint density at radius 1 is 0.973 bits per heavy atom. The van der Waals surface area contributed by atoms with Crippen molar-refractivity contribution in [1.82, 2.24) is 15.3 Å². The molecule has 1 amide bonds. The molecule has 0 aliphatic heterocycles. The van der Waals surface area contributed by atoms with Crippen LogP contribution in [0, 0.1) is 20.8 Å². The minimum atomic E-state index is -0.142. The van der Waals surface area contributed by atoms with Gasteiger partial charge in [-0.15, -0.1) is 0 Å². The van der Waals surface area contributed by atoms with E-state index >= 15 is 0 Å². The van der Waals surface area contributed by atoms with Crippen molar-refractivity contribution in [2.75, 3.05) is 12.3 Å². The lowest BCUT2D eigenvalue weighted by molar-refractivity contribution is 0.0950. The molecule has 4 aromatic rings. The number of carbonyl (C=O) groups excluding carboxylic acids is 1. The number of nitrogen functional groups attached to an aromatic ring is 1. The number of rotatable bonds is 5. The molecule has 2 atom stereocenters. The first kappa shape index (κ1) is 24.7. The number of hydrogen-bond donors (Lipinski definition) is 3. The average Bonchev–Trinajstić information content (AvgIpc) is 2.88. The van der Waals surface area contributed by atoms with E-state index in [-0.39, 0.29) is 24.3 Å². The Morgan fingerprint density at radius 2 is 1.70 bits per heavy atom. The second-order valence-electron chi connectivity index (χ2n) is 9.95. The van der Waals surface area contributed by atoms with Crippen LogP contribution in [-0.2, 0) is 6.54 Å². The fourth-order valence-corrected chi connectivity index (χ4v) is 5.57. The van der Waals surface area contributed by atoms with Gasteiger partial charge in [-0.25, -0.2) is 4.98 Å². The maximum Gasteiger partial charge on any atom is 0.251 e. The molecule has 0 unspecified atom stereocenters. The molecular weight excluding hydrogens is 460 g/mol. The zero-order valence-corrected chi connectivity index (χ0v) is 21.7. The Morgan fingerprint density at radius 3 is 2.41 bits per heavy atom. The normalized spacial score (nSPS) is 16.1. The van der Waals surface area contributed by atoms with Crippen LogP contribution in [0.2, 0.25) is 0 Å². The molecule has 2 aromatic carbocycles. The van der Waals surface area contributed by atoms with Gasteiger partial charge in [0.1, 0.15) is 5.82 Å². The highest BCUT2D eigenvalue weighted by atomic mass is 16.3. The number of nitrogens with one attached hydrogen (secondary N) is 1. The first-order valence-corrected chi connectivity index (χ1v) is 12.6. The minimum absolute atomic E-state index is 0.00617. The van der Waals surface area contributed by atoms with Crippen LogP contribution in [0.25, 0.3) is 11.1 Å². The molecule has 4 N–H and O–H groups in total. The summed E-state index contributed by atoms with van der Waals surface area (Å²) in [6.07, 6.45) is 3.70. The van der Waals surface area contributed by atoms with E-state index in [0.29, 0.717) is 17.9 Å². The predicted molar refractivity (Wildman–Crippen MR) is 147 cm³/mol. The molecule has 5 rings (SSSR count). The number of carbonyl (C=O) groups is 1. The predicted octanol–water partition coefficient (Wildman–Crippen LogP) is 5.17. The lowest BCUT2D eigenvalue weighted by atomic mass is 9.72. The van der Waals surface area contributed by atoms with Crippen LogP contribution in [0.4, 0.5) is 5.82 Å². The second kappa shape index (κ2) is 9.79. The van der Waals surface area contributed by atoms with Crippen molar-refractivity contribution in [2.24, 2.45) is 0 Å². The van der Waals surface area contributed by atoms with E-state index in [1.54, 1.807) is 6.20 Å². The van der Waals surface area contributed by atoms with Crippen LogP contribution < -0.4 is 11.1 Å². The third-order valence-corrected chi connectivity index (χ3v) is 7.65. The molecule has 2 aromatic heterocycles. The number of aromatic nitrogens is 2. The van der Waals surface area contributed by atoms with Gasteiger partial charge in [0, 0.05) is 47.6 Å². The largest absolute Gasteiger partial charge is 0.395 e. The Kier molecular flexibility index (Phi) is 6.52. The van der Waals surface area contributed by atoms with Crippen LogP contribution in [0.1, 0.15) is 73.8 Å². The summed E-state index contributed by atoms with van der Waals surface area (Å²) in [6.45, 7) is 8.51. The van der Waals surface area contributed by atoms with Gasteiger partial charge in [-0.3, -0.25) is 9.78 Å². The summed E-state index contributed by atoms with van der Waals surface area (Å²) in [5.41, 5.74) is 17.0. The summed E-state index contributed by atoms with van der Waals surface area (Å²) in [5.74, 6) is 0.280. The van der Waals surface area contributed by atoms with Crippen LogP contribution in [0.3, 0.4) is 0 Å². The smallest absolute Gasteiger partial charge is 0.251 e. The number of nitrogens with two attached hydrogens (primary N) is 1. The summed E-state index contributed by atoms with van der Waals surface area (Å²) in [7, 11) is 0. The maximum absolute atomic E-state index is 13.2. The number of amides is 1. The molecule has 6 nitrogen and oxygen atoms in total. The number of nitrogens with zero attached hydrogens (tertiary/aromatic N) is 2. The standard InChI is InChI=1S/C31H32N4O2/c1-17-9-10-33-14-28(17)21-5-7-23-25(12-21)19(3)26-13-22(6-8-24(26)29(23)16-36)31(37)34-15-27-18(2)11-30(32)35-20(27)4/h5-14,19,29,36H,15-16H2,1-4H3,(H2,32,35)(H,34,37)/t19-,29+/m1/s1. The summed E-state index contributed by atoms with van der Waals surface area (Å²) in [5, 5.41) is 13.4. The molecule has 0 saturated carbocycles. The van der Waals surface area contributed by atoms with Gasteiger partial charge >= 0.3 is 0 Å². The van der Waals surface area contributed by atoms with Gasteiger partial charge in [0.05, 0.1) is 6.61 Å². The number of anilines is 1. The Hall–Kier alpha value is -4.03. The summed E-state index contributed by atoms with van der Waals surface area (Å²) in [6, 6.07) is 16.1. The van der Waals surface area contributed by atoms with Crippen molar-refractivity contribution in [3.05, 3.63) is 111 Å². The molecule has 6 heteroatoms. The first-order valence-electron chi connectivity index (χ1n) is 12.6. The fourth-order valence-electron chi connectivity index (χ4n) is 5.57. The molecule has 0 radical (unpaired) electrons. The average molecular weight is 493 g/mol. The summed E-state index contributed by atoms with van der Waals surface area (Å²) >= 11 is 0. The minimum Gasteiger partial charge on any atom is -0.395 e. The fraction of sp³-hybridized carbons (Fsp3) is 0.258. The number of aryl methyl sites for hydroxylation is 3. The number of benzene rings is 2. The van der Waals surface area contributed by atoms with Crippen molar-refractivity contribution in [3.63, 3.8) is 0 Å². The zero-order chi connectivity index (χ0) is 26.3. The van der Waals surface area contributed by atoms with Gasteiger partial charge in [0.15, 0.2) is 0 Å². The lowest BCUT2D eigenvalue weighted by Gasteiger charge is -2.32. The van der Waals surface area contributed by atoms with Crippen molar-refractivity contribution in [3.8, 4) is 11.1 Å². The second-order valence-corrected chi connectivity index (χ2v) is 9.95. The van der Waals surface area contributed by atoms with Gasteiger partial charge in [0.25, 0.3) is 5.91 Å². The highest BCUT2D eigenvalue weighted by Crippen LogP contribution is 2.44. The molecule has 1 aliphatic carbocycles. The number of aliphatic hydroxyl groups is 1. The summed E-state index contributed by atoms with van der Waals surface area (Å²) in [4.78, 5) is 21.8. The number of hydrogen-bond acceptors (Lipinski definition) is 5. The van der Waals surface area contributed by atoms with Crippen LogP contribution in [0.15, 0.2) is 60.9 Å². The van der Waals surface area contributed by atoms with Gasteiger partial charge in [-0.05, 0) is 89.5 Å². The van der Waals surface area contributed by atoms with Gasteiger partial charge in [-0.1, -0.05) is 31.2 Å². The maximum atomic E-state index is 13.2. The highest BCUT2D eigenvalue weighted by Gasteiger charge is 2.30. The van der Waals surface area contributed by atoms with Crippen molar-refractivity contribution in [1.29, 1.82) is 0 Å². The molecule has 1 aliphatic rings. The van der Waals surface area contributed by atoms with E-state index in [2.05, 4.69) is 47.3 Å². The molecule has 37 heavy (non-hydrogen) atoms. The third kappa shape index (κ3) is 4.49. The molecular formula is C31H32N4O2. The molecule has 0 spiro atoms. The highest BCUT2D eigenvalue weighted by molar-refractivity contribution is 5.94. The van der Waals surface area contributed by atoms with E-state index in [4.69, 9.17) is 5.73 Å². The van der Waals surface area contributed by atoms with E-state index in [1.807, 2.05) is 50.4 Å². The van der Waals surface area contributed by atoms with Gasteiger partial charge < -0.3 is 16.2 Å². The van der Waals surface area contributed by atoms with Gasteiger partial charge in [-0.2, -0.15) is 0 Å².